The minimum absolute atomic E-state index is 0.151. The van der Waals surface area contributed by atoms with Crippen LogP contribution in [0.3, 0.4) is 0 Å². The summed E-state index contributed by atoms with van der Waals surface area (Å²) in [6, 6.07) is 11.2. The Kier molecular flexibility index (Phi) is 8.07. The van der Waals surface area contributed by atoms with E-state index in [4.69, 9.17) is 4.74 Å². The van der Waals surface area contributed by atoms with Crippen molar-refractivity contribution in [3.8, 4) is 0 Å². The van der Waals surface area contributed by atoms with E-state index in [1.807, 2.05) is 6.07 Å². The Labute approximate surface area is 207 Å². The third kappa shape index (κ3) is 6.02. The number of nitrogens with one attached hydrogen (secondary N) is 2. The third-order valence-electron chi connectivity index (χ3n) is 6.66. The molecule has 8 nitrogen and oxygen atoms in total. The van der Waals surface area contributed by atoms with Crippen molar-refractivity contribution in [3.05, 3.63) is 59.2 Å². The first kappa shape index (κ1) is 25.2. The smallest absolute Gasteiger partial charge is 0.261 e. The molecular formula is C26H33N3O5S. The zero-order valence-corrected chi connectivity index (χ0v) is 20.9. The Bertz CT molecular complexity index is 1160. The standard InChI is InChI=1S/C26H33N3O5S/c1-34-17-5-15-27-25(30)24-8-4-16-29(24)26(31)20-9-12-22(13-10-20)28-35(32,33)23-14-11-19-6-2-3-7-21(19)18-23/h9-14,18,24,28H,2-8,15-17H2,1H3,(H,27,30)/t24-/m0/s1. The van der Waals surface area contributed by atoms with Gasteiger partial charge in [0.25, 0.3) is 15.9 Å². The number of fused-ring (bicyclic) bond motifs is 1. The number of anilines is 1. The van der Waals surface area contributed by atoms with Gasteiger partial charge in [-0.3, -0.25) is 14.3 Å². The summed E-state index contributed by atoms with van der Waals surface area (Å²) in [5, 5.41) is 2.88. The van der Waals surface area contributed by atoms with Crippen LogP contribution >= 0.6 is 0 Å². The number of methoxy groups -OCH3 is 1. The minimum Gasteiger partial charge on any atom is -0.385 e. The summed E-state index contributed by atoms with van der Waals surface area (Å²) in [4.78, 5) is 27.5. The van der Waals surface area contributed by atoms with E-state index in [1.54, 1.807) is 48.4 Å². The maximum absolute atomic E-state index is 13.1. The lowest BCUT2D eigenvalue weighted by molar-refractivity contribution is -0.124. The number of ether oxygens (including phenoxy) is 1. The highest BCUT2D eigenvalue weighted by Crippen LogP contribution is 2.26. The highest BCUT2D eigenvalue weighted by molar-refractivity contribution is 7.92. The van der Waals surface area contributed by atoms with E-state index < -0.39 is 16.1 Å². The van der Waals surface area contributed by atoms with Crippen molar-refractivity contribution in [2.75, 3.05) is 31.5 Å². The predicted molar refractivity (Wildman–Crippen MR) is 134 cm³/mol. The van der Waals surface area contributed by atoms with Gasteiger partial charge in [-0.15, -0.1) is 0 Å². The summed E-state index contributed by atoms with van der Waals surface area (Å²) in [7, 11) is -2.12. The minimum atomic E-state index is -3.74. The number of hydrogen-bond acceptors (Lipinski definition) is 5. The molecule has 35 heavy (non-hydrogen) atoms. The molecule has 188 valence electrons. The Morgan fingerprint density at radius 1 is 1.03 bits per heavy atom. The lowest BCUT2D eigenvalue weighted by Gasteiger charge is -2.24. The molecule has 2 N–H and O–H groups in total. The number of carbonyl (C=O) groups is 2. The van der Waals surface area contributed by atoms with Crippen LogP contribution in [0.4, 0.5) is 5.69 Å². The van der Waals surface area contributed by atoms with Crippen LogP contribution in [0, 0.1) is 0 Å². The first-order valence-electron chi connectivity index (χ1n) is 12.2. The molecule has 2 aromatic carbocycles. The molecule has 2 amide bonds. The van der Waals surface area contributed by atoms with E-state index in [-0.39, 0.29) is 16.7 Å². The van der Waals surface area contributed by atoms with Crippen LogP contribution in [-0.4, -0.2) is 58.0 Å². The molecule has 1 saturated heterocycles. The molecule has 0 radical (unpaired) electrons. The molecule has 0 saturated carbocycles. The molecule has 1 fully saturated rings. The van der Waals surface area contributed by atoms with Crippen LogP contribution in [-0.2, 0) is 32.4 Å². The van der Waals surface area contributed by atoms with Crippen LogP contribution < -0.4 is 10.0 Å². The van der Waals surface area contributed by atoms with E-state index in [1.165, 1.54) is 5.56 Å². The maximum Gasteiger partial charge on any atom is 0.261 e. The predicted octanol–water partition coefficient (Wildman–Crippen LogP) is 3.12. The fourth-order valence-electron chi connectivity index (χ4n) is 4.77. The number of benzene rings is 2. The van der Waals surface area contributed by atoms with Gasteiger partial charge in [-0.05, 0) is 92.5 Å². The fraction of sp³-hybridized carbons (Fsp3) is 0.462. The lowest BCUT2D eigenvalue weighted by Crippen LogP contribution is -2.46. The number of carbonyl (C=O) groups excluding carboxylic acids is 2. The van der Waals surface area contributed by atoms with Crippen LogP contribution in [0.1, 0.15) is 53.6 Å². The Morgan fingerprint density at radius 3 is 2.51 bits per heavy atom. The Morgan fingerprint density at radius 2 is 1.77 bits per heavy atom. The zero-order chi connectivity index (χ0) is 24.8. The van der Waals surface area contributed by atoms with Gasteiger partial charge in [-0.2, -0.15) is 0 Å². The third-order valence-corrected chi connectivity index (χ3v) is 8.03. The average Bonchev–Trinajstić information content (AvgIpc) is 3.36. The molecule has 1 heterocycles. The monoisotopic (exact) mass is 499 g/mol. The second kappa shape index (κ2) is 11.2. The summed E-state index contributed by atoms with van der Waals surface area (Å²) in [5.74, 6) is -0.384. The zero-order valence-electron chi connectivity index (χ0n) is 20.1. The van der Waals surface area contributed by atoms with Gasteiger partial charge >= 0.3 is 0 Å². The number of sulfonamides is 1. The molecule has 0 bridgehead atoms. The van der Waals surface area contributed by atoms with Gasteiger partial charge in [-0.1, -0.05) is 6.07 Å². The van der Waals surface area contributed by atoms with Crippen molar-refractivity contribution in [1.29, 1.82) is 0 Å². The molecule has 9 heteroatoms. The molecule has 1 aliphatic carbocycles. The SMILES string of the molecule is COCCCNC(=O)[C@@H]1CCCN1C(=O)c1ccc(NS(=O)(=O)c2ccc3c(c2)CCCC3)cc1. The summed E-state index contributed by atoms with van der Waals surface area (Å²) in [6.45, 7) is 1.59. The van der Waals surface area contributed by atoms with Crippen LogP contribution in [0.2, 0.25) is 0 Å². The van der Waals surface area contributed by atoms with Crippen molar-refractivity contribution in [2.24, 2.45) is 0 Å². The second-order valence-corrected chi connectivity index (χ2v) is 10.8. The summed E-state index contributed by atoms with van der Waals surface area (Å²) in [6.07, 6.45) is 6.21. The summed E-state index contributed by atoms with van der Waals surface area (Å²) >= 11 is 0. The topological polar surface area (TPSA) is 105 Å². The van der Waals surface area contributed by atoms with Gasteiger partial charge < -0.3 is 15.0 Å². The average molecular weight is 500 g/mol. The van der Waals surface area contributed by atoms with Gasteiger partial charge in [0, 0.05) is 38.1 Å². The first-order chi connectivity index (χ1) is 16.9. The summed E-state index contributed by atoms with van der Waals surface area (Å²) < 4.78 is 33.4. The molecule has 0 aromatic heterocycles. The van der Waals surface area contributed by atoms with Crippen LogP contribution in [0.15, 0.2) is 47.4 Å². The fourth-order valence-corrected chi connectivity index (χ4v) is 5.87. The molecule has 0 unspecified atom stereocenters. The van der Waals surface area contributed by atoms with E-state index in [0.717, 1.165) is 37.7 Å². The Balaban J connectivity index is 1.40. The largest absolute Gasteiger partial charge is 0.385 e. The number of amides is 2. The number of likely N-dealkylation sites (tertiary alicyclic amines) is 1. The maximum atomic E-state index is 13.1. The van der Waals surface area contributed by atoms with Gasteiger partial charge in [-0.25, -0.2) is 8.42 Å². The van der Waals surface area contributed by atoms with Gasteiger partial charge in [0.15, 0.2) is 0 Å². The van der Waals surface area contributed by atoms with Crippen LogP contribution in [0.5, 0.6) is 0 Å². The quantitative estimate of drug-likeness (QED) is 0.516. The summed E-state index contributed by atoms with van der Waals surface area (Å²) in [5.41, 5.74) is 3.12. The van der Waals surface area contributed by atoms with Gasteiger partial charge in [0.1, 0.15) is 6.04 Å². The van der Waals surface area contributed by atoms with Crippen LogP contribution in [0.25, 0.3) is 0 Å². The number of rotatable bonds is 9. The van der Waals surface area contributed by atoms with Crippen molar-refractivity contribution in [1.82, 2.24) is 10.2 Å². The Hall–Kier alpha value is -2.91. The molecule has 0 spiro atoms. The lowest BCUT2D eigenvalue weighted by atomic mass is 9.92. The molecule has 1 aliphatic heterocycles. The van der Waals surface area contributed by atoms with E-state index >= 15 is 0 Å². The molecule has 2 aliphatic rings. The van der Waals surface area contributed by atoms with E-state index in [2.05, 4.69) is 10.0 Å². The molecule has 2 aromatic rings. The highest BCUT2D eigenvalue weighted by atomic mass is 32.2. The van der Waals surface area contributed by atoms with Crippen molar-refractivity contribution in [2.45, 2.75) is 55.9 Å². The molecule has 4 rings (SSSR count). The normalized spacial score (nSPS) is 17.6. The van der Waals surface area contributed by atoms with Crippen molar-refractivity contribution >= 4 is 27.5 Å². The second-order valence-electron chi connectivity index (χ2n) is 9.11. The van der Waals surface area contributed by atoms with E-state index in [0.29, 0.717) is 43.8 Å². The molecular weight excluding hydrogens is 466 g/mol. The highest BCUT2D eigenvalue weighted by Gasteiger charge is 2.34. The van der Waals surface area contributed by atoms with E-state index in [9.17, 15) is 18.0 Å². The van der Waals surface area contributed by atoms with Gasteiger partial charge in [0.05, 0.1) is 4.90 Å². The van der Waals surface area contributed by atoms with Crippen molar-refractivity contribution in [3.63, 3.8) is 0 Å². The first-order valence-corrected chi connectivity index (χ1v) is 13.7. The van der Waals surface area contributed by atoms with Gasteiger partial charge in [0.2, 0.25) is 5.91 Å². The molecule has 1 atom stereocenters. The number of hydrogen-bond donors (Lipinski definition) is 2. The van der Waals surface area contributed by atoms with Crippen molar-refractivity contribution < 1.29 is 22.7 Å². The number of nitrogens with zero attached hydrogens (tertiary/aromatic N) is 1. The number of aryl methyl sites for hydroxylation is 2.